The van der Waals surface area contributed by atoms with Crippen LogP contribution in [0.25, 0.3) is 22.3 Å². The van der Waals surface area contributed by atoms with E-state index in [1.54, 1.807) is 49.4 Å². The highest BCUT2D eigenvalue weighted by molar-refractivity contribution is 6.00. The number of nitrogens with one attached hydrogen (secondary N) is 2. The molecule has 0 spiro atoms. The molecular formula is C51H61N7O7. The van der Waals surface area contributed by atoms with Crippen LogP contribution in [0, 0.1) is 11.8 Å². The number of phenolic OH excluding ortho intramolecular Hbond substituents is 1. The molecule has 2 amide bonds. The average molecular weight is 884 g/mol. The Kier molecular flexibility index (Phi) is 16.9. The van der Waals surface area contributed by atoms with Gasteiger partial charge in [0, 0.05) is 67.8 Å². The van der Waals surface area contributed by atoms with Crippen LogP contribution in [0.2, 0.25) is 0 Å². The predicted octanol–water partition coefficient (Wildman–Crippen LogP) is 6.49. The first-order chi connectivity index (χ1) is 31.4. The first kappa shape index (κ1) is 48.0. The van der Waals surface area contributed by atoms with Crippen molar-refractivity contribution in [1.82, 2.24) is 25.4 Å². The Hall–Kier alpha value is -6.51. The summed E-state index contributed by atoms with van der Waals surface area (Å²) in [6, 6.07) is 23.6. The Morgan fingerprint density at radius 2 is 1.63 bits per heavy atom. The van der Waals surface area contributed by atoms with E-state index < -0.39 is 41.5 Å². The highest BCUT2D eigenvalue weighted by atomic mass is 16.5. The number of Topliss-reactive ketones (excluding diaryl/α,β-unsaturated/α-hetero) is 3. The minimum absolute atomic E-state index is 0.0548. The third-order valence-corrected chi connectivity index (χ3v) is 12.1. The topological polar surface area (TPSA) is 224 Å². The number of carbonyl (C=O) groups excluding carboxylic acids is 5. The first-order valence-corrected chi connectivity index (χ1v) is 22.6. The number of ketones is 3. The summed E-state index contributed by atoms with van der Waals surface area (Å²) >= 11 is 0. The van der Waals surface area contributed by atoms with E-state index in [9.17, 15) is 29.1 Å². The third kappa shape index (κ3) is 12.4. The molecule has 1 aromatic heterocycles. The van der Waals surface area contributed by atoms with Gasteiger partial charge in [-0.15, -0.1) is 0 Å². The molecule has 14 nitrogen and oxygen atoms in total. The number of carbonyl (C=O) groups is 5. The minimum atomic E-state index is -1.21. The van der Waals surface area contributed by atoms with Crippen molar-refractivity contribution >= 4 is 29.2 Å². The first-order valence-electron chi connectivity index (χ1n) is 22.6. The molecule has 65 heavy (non-hydrogen) atoms. The standard InChI is InChI=1S/C51H61N7O7/c1-4-5-7-33-9-12-35(13-10-33)36-14-16-37(17-15-36)45(61)30-39(8-6-23-52)51(64)58(3)49-38-18-21-47(65-25-24-53)41(29-38)40-27-34(11-19-43(40)59)28-42(56-50(63)32(2)26-46(49)62)44(60)20-22-48-54-31-55-57-48/h9-19,21,27,29,31-32,39,42,49,59H,4-8,20,22-26,28,30,52-53H2,1-3H3,(H,56,63)(H,54,55,57)/t32-,39-,42+,49+/m1/s1. The number of H-pyrrole nitrogens is 1. The molecular weight excluding hydrogens is 823 g/mol. The molecule has 2 heterocycles. The summed E-state index contributed by atoms with van der Waals surface area (Å²) in [4.78, 5) is 76.5. The number of benzene rings is 4. The summed E-state index contributed by atoms with van der Waals surface area (Å²) in [5.41, 5.74) is 17.4. The SMILES string of the molecule is CCCCc1ccc(-c2ccc(C(=O)C[C@@H](CCCN)C(=O)N(C)[C@@H]3C(=O)C[C@@H](C)C(=O)N[C@H](C(=O)CCc4ncn[nH]4)Cc4ccc(O)c(c4)-c4cc3ccc4OCCN)cc2)cc1. The number of amides is 2. The third-order valence-electron chi connectivity index (χ3n) is 12.1. The smallest absolute Gasteiger partial charge is 0.226 e. The molecule has 0 radical (unpaired) electrons. The molecule has 14 heteroatoms. The van der Waals surface area contributed by atoms with Crippen molar-refractivity contribution in [3.63, 3.8) is 0 Å². The van der Waals surface area contributed by atoms with Crippen LogP contribution in [0.1, 0.15) is 97.7 Å². The largest absolute Gasteiger partial charge is 0.507 e. The van der Waals surface area contributed by atoms with E-state index >= 15 is 0 Å². The van der Waals surface area contributed by atoms with Gasteiger partial charge in [-0.1, -0.05) is 80.9 Å². The van der Waals surface area contributed by atoms with Gasteiger partial charge in [0.05, 0.1) is 6.04 Å². The quantitative estimate of drug-likeness (QED) is 0.0564. The van der Waals surface area contributed by atoms with Gasteiger partial charge >= 0.3 is 0 Å². The second-order valence-electron chi connectivity index (χ2n) is 17.0. The normalized spacial score (nSPS) is 16.8. The van der Waals surface area contributed by atoms with Crippen LogP contribution < -0.4 is 21.5 Å². The van der Waals surface area contributed by atoms with E-state index in [1.807, 2.05) is 12.1 Å². The molecule has 1 aliphatic heterocycles. The van der Waals surface area contributed by atoms with E-state index in [1.165, 1.54) is 29.9 Å². The monoisotopic (exact) mass is 883 g/mol. The molecule has 6 rings (SSSR count). The van der Waals surface area contributed by atoms with Crippen molar-refractivity contribution < 1.29 is 33.8 Å². The molecule has 4 atom stereocenters. The number of fused-ring (bicyclic) bond motifs is 5. The second kappa shape index (κ2) is 22.9. The zero-order valence-electron chi connectivity index (χ0n) is 37.6. The van der Waals surface area contributed by atoms with Crippen LogP contribution >= 0.6 is 0 Å². The summed E-state index contributed by atoms with van der Waals surface area (Å²) in [6.07, 6.45) is 5.46. The molecule has 0 saturated carbocycles. The van der Waals surface area contributed by atoms with Gasteiger partial charge in [-0.3, -0.25) is 29.1 Å². The van der Waals surface area contributed by atoms with E-state index in [0.717, 1.165) is 30.4 Å². The Morgan fingerprint density at radius 3 is 2.31 bits per heavy atom. The highest BCUT2D eigenvalue weighted by Crippen LogP contribution is 2.40. The fourth-order valence-electron chi connectivity index (χ4n) is 8.37. The van der Waals surface area contributed by atoms with Crippen LogP contribution in [-0.2, 0) is 38.4 Å². The number of aromatic amines is 1. The van der Waals surface area contributed by atoms with E-state index in [0.29, 0.717) is 58.8 Å². The lowest BCUT2D eigenvalue weighted by molar-refractivity contribution is -0.142. The average Bonchev–Trinajstić information content (AvgIpc) is 3.85. The highest BCUT2D eigenvalue weighted by Gasteiger charge is 2.36. The number of nitrogens with two attached hydrogens (primary N) is 2. The lowest BCUT2D eigenvalue weighted by Crippen LogP contribution is -2.46. The number of aromatic nitrogens is 3. The Balaban J connectivity index is 1.32. The van der Waals surface area contributed by atoms with Gasteiger partial charge in [-0.25, -0.2) is 4.98 Å². The summed E-state index contributed by atoms with van der Waals surface area (Å²) in [5, 5.41) is 20.8. The van der Waals surface area contributed by atoms with E-state index in [4.69, 9.17) is 16.2 Å². The van der Waals surface area contributed by atoms with Crippen LogP contribution in [0.3, 0.4) is 0 Å². The van der Waals surface area contributed by atoms with Gasteiger partial charge < -0.3 is 31.5 Å². The number of likely N-dealkylation sites (N-methyl/N-ethyl adjacent to an activating group) is 1. The number of nitrogens with zero attached hydrogens (tertiary/aromatic N) is 3. The summed E-state index contributed by atoms with van der Waals surface area (Å²) in [5.74, 6) is -2.76. The van der Waals surface area contributed by atoms with Crippen molar-refractivity contribution in [2.24, 2.45) is 23.3 Å². The zero-order chi connectivity index (χ0) is 46.5. The van der Waals surface area contributed by atoms with E-state index in [-0.39, 0.29) is 62.6 Å². The fourth-order valence-corrected chi connectivity index (χ4v) is 8.37. The lowest BCUT2D eigenvalue weighted by atomic mass is 9.87. The minimum Gasteiger partial charge on any atom is -0.507 e. The maximum Gasteiger partial charge on any atom is 0.226 e. The number of unbranched alkanes of at least 4 members (excludes halogenated alkanes) is 1. The van der Waals surface area contributed by atoms with Gasteiger partial charge in [0.25, 0.3) is 0 Å². The van der Waals surface area contributed by atoms with Gasteiger partial charge in [-0.05, 0) is 90.7 Å². The summed E-state index contributed by atoms with van der Waals surface area (Å²) in [6.45, 7) is 4.44. The van der Waals surface area contributed by atoms with Gasteiger partial charge in [0.1, 0.15) is 36.3 Å². The van der Waals surface area contributed by atoms with Gasteiger partial charge in [0.2, 0.25) is 11.8 Å². The van der Waals surface area contributed by atoms with Gasteiger partial charge in [0.15, 0.2) is 17.3 Å². The van der Waals surface area contributed by atoms with Crippen LogP contribution in [-0.4, -0.2) is 87.1 Å². The molecule has 0 unspecified atom stereocenters. The Labute approximate surface area is 380 Å². The Morgan fingerprint density at radius 1 is 0.892 bits per heavy atom. The van der Waals surface area contributed by atoms with Crippen molar-refractivity contribution in [2.75, 3.05) is 26.7 Å². The van der Waals surface area contributed by atoms with Gasteiger partial charge in [-0.2, -0.15) is 5.10 Å². The van der Waals surface area contributed by atoms with Crippen molar-refractivity contribution in [3.05, 3.63) is 119 Å². The summed E-state index contributed by atoms with van der Waals surface area (Å²) in [7, 11) is 1.53. The second-order valence-corrected chi connectivity index (χ2v) is 17.0. The number of phenols is 1. The summed E-state index contributed by atoms with van der Waals surface area (Å²) < 4.78 is 6.06. The van der Waals surface area contributed by atoms with Crippen molar-refractivity contribution in [1.29, 1.82) is 0 Å². The number of hydrogen-bond donors (Lipinski definition) is 5. The van der Waals surface area contributed by atoms with Crippen LogP contribution in [0.15, 0.2) is 91.3 Å². The maximum absolute atomic E-state index is 14.8. The molecule has 342 valence electrons. The zero-order valence-corrected chi connectivity index (χ0v) is 37.6. The molecule has 4 bridgehead atoms. The lowest BCUT2D eigenvalue weighted by Gasteiger charge is -2.32. The molecule has 0 fully saturated rings. The molecule has 0 aliphatic carbocycles. The fraction of sp³-hybridized carbons (Fsp3) is 0.392. The Bertz CT molecular complexity index is 2420. The van der Waals surface area contributed by atoms with Crippen molar-refractivity contribution in [2.45, 2.75) is 90.1 Å². The number of aromatic hydroxyl groups is 1. The number of aryl methyl sites for hydroxylation is 2. The van der Waals surface area contributed by atoms with Crippen LogP contribution in [0.5, 0.6) is 11.5 Å². The van der Waals surface area contributed by atoms with Crippen LogP contribution in [0.4, 0.5) is 0 Å². The molecule has 5 aromatic rings. The number of hydrogen-bond acceptors (Lipinski definition) is 11. The number of rotatable bonds is 19. The maximum atomic E-state index is 14.8. The number of ether oxygens (including phenoxy) is 1. The molecule has 0 saturated heterocycles. The van der Waals surface area contributed by atoms with Crippen molar-refractivity contribution in [3.8, 4) is 33.8 Å². The van der Waals surface area contributed by atoms with E-state index in [2.05, 4.69) is 51.7 Å². The molecule has 4 aromatic carbocycles. The molecule has 1 aliphatic rings. The predicted molar refractivity (Wildman–Crippen MR) is 249 cm³/mol. The molecule has 7 N–H and O–H groups in total.